The molecule has 1 aromatic carbocycles. The van der Waals surface area contributed by atoms with Gasteiger partial charge in [-0.05, 0) is 30.9 Å². The van der Waals surface area contributed by atoms with E-state index in [9.17, 15) is 33.9 Å². The zero-order valence-electron chi connectivity index (χ0n) is 20.5. The van der Waals surface area contributed by atoms with Crippen molar-refractivity contribution in [3.05, 3.63) is 36.0 Å². The molecule has 4 unspecified atom stereocenters. The molecule has 2 aromatic rings. The third kappa shape index (κ3) is 6.85. The molecule has 5 amide bonds. The Balaban J connectivity index is 1.68. The minimum atomic E-state index is -1.67. The zero-order chi connectivity index (χ0) is 28.0. The third-order valence-corrected chi connectivity index (χ3v) is 6.33. The lowest BCUT2D eigenvalue weighted by atomic mass is 10.0. The summed E-state index contributed by atoms with van der Waals surface area (Å²) in [6.07, 6.45) is 1.48. The number of hydrogen-bond donors (Lipinski definition) is 7. The molecule has 0 radical (unpaired) electrons. The molecule has 38 heavy (non-hydrogen) atoms. The number of nitrogens with one attached hydrogen (secondary N) is 3. The Bertz CT molecular complexity index is 1240. The van der Waals surface area contributed by atoms with Crippen LogP contribution in [0.5, 0.6) is 0 Å². The van der Waals surface area contributed by atoms with Gasteiger partial charge in [-0.2, -0.15) is 0 Å². The molecule has 0 aliphatic carbocycles. The Hall–Kier alpha value is -4.46. The Kier molecular flexibility index (Phi) is 9.02. The van der Waals surface area contributed by atoms with Crippen LogP contribution < -0.4 is 27.8 Å². The van der Waals surface area contributed by atoms with E-state index in [1.54, 1.807) is 6.20 Å². The summed E-state index contributed by atoms with van der Waals surface area (Å²) in [6, 6.07) is 2.47. The van der Waals surface area contributed by atoms with Crippen LogP contribution in [0.3, 0.4) is 0 Å². The largest absolute Gasteiger partial charge is 0.480 e. The van der Waals surface area contributed by atoms with Crippen LogP contribution in [-0.4, -0.2) is 81.2 Å². The van der Waals surface area contributed by atoms with E-state index in [1.165, 1.54) is 4.90 Å². The first kappa shape index (κ1) is 28.1. The standard InChI is InChI=1S/C24H31N7O7/c25-14(8-12-11-28-15-5-2-1-4-13(12)15)23(36)31-7-3-6-18(31)22(35)29-16(9-19(26)32)21(34)30-17(24(37)38)10-20(27)33/h1-2,4-5,11,14,16-18,28H,3,6-10,25H2,(H2,26,32)(H2,27,33)(H,29,35)(H,30,34)(H,37,38). The Morgan fingerprint density at radius 2 is 1.68 bits per heavy atom. The number of benzene rings is 1. The lowest BCUT2D eigenvalue weighted by Gasteiger charge is -2.28. The average molecular weight is 530 g/mol. The number of fused-ring (bicyclic) bond motifs is 1. The van der Waals surface area contributed by atoms with Crippen molar-refractivity contribution >= 4 is 46.4 Å². The number of primary amides is 2. The summed E-state index contributed by atoms with van der Waals surface area (Å²) in [5.41, 5.74) is 18.2. The van der Waals surface area contributed by atoms with Crippen molar-refractivity contribution in [3.8, 4) is 0 Å². The molecule has 204 valence electrons. The Morgan fingerprint density at radius 1 is 1.03 bits per heavy atom. The minimum absolute atomic E-state index is 0.233. The van der Waals surface area contributed by atoms with Gasteiger partial charge in [0.1, 0.15) is 18.1 Å². The molecule has 0 bridgehead atoms. The van der Waals surface area contributed by atoms with Crippen molar-refractivity contribution < 1.29 is 33.9 Å². The molecule has 1 saturated heterocycles. The maximum Gasteiger partial charge on any atom is 0.326 e. The van der Waals surface area contributed by atoms with E-state index in [-0.39, 0.29) is 13.0 Å². The number of nitrogens with zero attached hydrogens (tertiary/aromatic N) is 1. The fourth-order valence-electron chi connectivity index (χ4n) is 4.49. The van der Waals surface area contributed by atoms with Crippen molar-refractivity contribution in [1.82, 2.24) is 20.5 Å². The predicted molar refractivity (Wildman–Crippen MR) is 134 cm³/mol. The summed E-state index contributed by atoms with van der Waals surface area (Å²) in [5, 5.41) is 14.6. The number of amides is 5. The highest BCUT2D eigenvalue weighted by Gasteiger charge is 2.38. The lowest BCUT2D eigenvalue weighted by molar-refractivity contribution is -0.144. The maximum absolute atomic E-state index is 13.2. The van der Waals surface area contributed by atoms with Crippen LogP contribution >= 0.6 is 0 Å². The monoisotopic (exact) mass is 529 g/mol. The SMILES string of the molecule is NC(=O)CC(NC(=O)C(CC(N)=O)NC(=O)C1CCCN1C(=O)C(N)Cc1c[nH]c2ccccc12)C(=O)O. The zero-order valence-corrected chi connectivity index (χ0v) is 20.5. The highest BCUT2D eigenvalue weighted by Crippen LogP contribution is 2.22. The molecular weight excluding hydrogens is 498 g/mol. The molecule has 1 aliphatic rings. The fourth-order valence-corrected chi connectivity index (χ4v) is 4.49. The number of carboxylic acids is 1. The van der Waals surface area contributed by atoms with Crippen molar-refractivity contribution in [2.24, 2.45) is 17.2 Å². The van der Waals surface area contributed by atoms with Crippen LogP contribution in [0.4, 0.5) is 0 Å². The highest BCUT2D eigenvalue weighted by molar-refractivity contribution is 5.97. The van der Waals surface area contributed by atoms with E-state index in [2.05, 4.69) is 15.6 Å². The van der Waals surface area contributed by atoms with Gasteiger partial charge >= 0.3 is 5.97 Å². The fraction of sp³-hybridized carbons (Fsp3) is 0.417. The van der Waals surface area contributed by atoms with Gasteiger partial charge in [0.25, 0.3) is 0 Å². The van der Waals surface area contributed by atoms with E-state index in [1.807, 2.05) is 24.3 Å². The van der Waals surface area contributed by atoms with Crippen LogP contribution in [0, 0.1) is 0 Å². The van der Waals surface area contributed by atoms with Gasteiger partial charge in [-0.1, -0.05) is 18.2 Å². The Morgan fingerprint density at radius 3 is 2.34 bits per heavy atom. The number of carbonyl (C=O) groups excluding carboxylic acids is 5. The average Bonchev–Trinajstić information content (AvgIpc) is 3.50. The number of aliphatic carboxylic acids is 1. The highest BCUT2D eigenvalue weighted by atomic mass is 16.4. The molecule has 14 heteroatoms. The summed E-state index contributed by atoms with van der Waals surface area (Å²) in [7, 11) is 0. The first-order valence-corrected chi connectivity index (χ1v) is 12.0. The second kappa shape index (κ2) is 12.2. The van der Waals surface area contributed by atoms with Gasteiger partial charge in [-0.25, -0.2) is 4.79 Å². The summed E-state index contributed by atoms with van der Waals surface area (Å²) in [6.45, 7) is 0.269. The van der Waals surface area contributed by atoms with E-state index in [0.717, 1.165) is 16.5 Å². The molecule has 4 atom stereocenters. The molecule has 2 heterocycles. The minimum Gasteiger partial charge on any atom is -0.480 e. The van der Waals surface area contributed by atoms with Gasteiger partial charge in [0.2, 0.25) is 29.5 Å². The van der Waals surface area contributed by atoms with Crippen LogP contribution in [-0.2, 0) is 35.2 Å². The quantitative estimate of drug-likeness (QED) is 0.159. The summed E-state index contributed by atoms with van der Waals surface area (Å²) in [4.78, 5) is 77.4. The van der Waals surface area contributed by atoms with Crippen LogP contribution in [0.15, 0.2) is 30.5 Å². The van der Waals surface area contributed by atoms with E-state index >= 15 is 0 Å². The van der Waals surface area contributed by atoms with Crippen molar-refractivity contribution in [1.29, 1.82) is 0 Å². The number of hydrogen-bond acceptors (Lipinski definition) is 7. The van der Waals surface area contributed by atoms with Crippen LogP contribution in [0.2, 0.25) is 0 Å². The molecule has 1 aliphatic heterocycles. The molecular formula is C24H31N7O7. The van der Waals surface area contributed by atoms with Crippen molar-refractivity contribution in [2.75, 3.05) is 6.54 Å². The van der Waals surface area contributed by atoms with Crippen molar-refractivity contribution in [3.63, 3.8) is 0 Å². The number of aromatic amines is 1. The number of nitrogens with two attached hydrogens (primary N) is 3. The molecule has 10 N–H and O–H groups in total. The second-order valence-corrected chi connectivity index (χ2v) is 9.16. The maximum atomic E-state index is 13.2. The second-order valence-electron chi connectivity index (χ2n) is 9.16. The number of rotatable bonds is 12. The summed E-state index contributed by atoms with van der Waals surface area (Å²) < 4.78 is 0. The van der Waals surface area contributed by atoms with Crippen molar-refractivity contribution in [2.45, 2.75) is 56.3 Å². The Labute approximate surface area is 217 Å². The van der Waals surface area contributed by atoms with Crippen LogP contribution in [0.1, 0.15) is 31.2 Å². The van der Waals surface area contributed by atoms with Gasteiger partial charge in [0, 0.05) is 23.6 Å². The number of carboxylic acid groups (broad SMARTS) is 1. The summed E-state index contributed by atoms with van der Waals surface area (Å²) in [5.74, 6) is -5.66. The third-order valence-electron chi connectivity index (χ3n) is 6.33. The van der Waals surface area contributed by atoms with E-state index < -0.39 is 72.5 Å². The molecule has 0 saturated carbocycles. The molecule has 0 spiro atoms. The first-order chi connectivity index (χ1) is 18.0. The van der Waals surface area contributed by atoms with E-state index in [0.29, 0.717) is 12.8 Å². The normalized spacial score (nSPS) is 17.4. The molecule has 14 nitrogen and oxygen atoms in total. The number of H-pyrrole nitrogens is 1. The van der Waals surface area contributed by atoms with Gasteiger partial charge in [-0.3, -0.25) is 24.0 Å². The number of likely N-dealkylation sites (tertiary alicyclic amines) is 1. The predicted octanol–water partition coefficient (Wildman–Crippen LogP) is -2.17. The smallest absolute Gasteiger partial charge is 0.326 e. The van der Waals surface area contributed by atoms with E-state index in [4.69, 9.17) is 17.2 Å². The number of para-hydroxylation sites is 1. The van der Waals surface area contributed by atoms with Gasteiger partial charge in [-0.15, -0.1) is 0 Å². The van der Waals surface area contributed by atoms with Gasteiger partial charge in [0.05, 0.1) is 18.9 Å². The summed E-state index contributed by atoms with van der Waals surface area (Å²) >= 11 is 0. The van der Waals surface area contributed by atoms with Crippen LogP contribution in [0.25, 0.3) is 10.9 Å². The topological polar surface area (TPSA) is 244 Å². The molecule has 1 fully saturated rings. The first-order valence-electron chi connectivity index (χ1n) is 12.0. The molecule has 1 aromatic heterocycles. The number of carbonyl (C=O) groups is 6. The lowest BCUT2D eigenvalue weighted by Crippen LogP contribution is -2.57. The number of aromatic nitrogens is 1. The van der Waals surface area contributed by atoms with Gasteiger partial charge < -0.3 is 42.8 Å². The van der Waals surface area contributed by atoms with Gasteiger partial charge in [0.15, 0.2) is 0 Å². The molecule has 3 rings (SSSR count).